The molecule has 1 aliphatic rings. The molecule has 1 aromatic heterocycles. The molecular formula is C22H25N3O2. The number of nitrogens with zero attached hydrogens (tertiary/aromatic N) is 1. The first-order chi connectivity index (χ1) is 13.2. The maximum atomic E-state index is 12.6. The van der Waals surface area contributed by atoms with Crippen LogP contribution in [0.3, 0.4) is 0 Å². The third-order valence-corrected chi connectivity index (χ3v) is 5.25. The molecule has 0 aliphatic carbocycles. The third kappa shape index (κ3) is 4.14. The lowest BCUT2D eigenvalue weighted by Gasteiger charge is -2.32. The number of nitrogens with one attached hydrogen (secondary N) is 2. The summed E-state index contributed by atoms with van der Waals surface area (Å²) in [5, 5.41) is 4.19. The molecule has 1 saturated heterocycles. The highest BCUT2D eigenvalue weighted by molar-refractivity contribution is 5.98. The molecular weight excluding hydrogens is 338 g/mol. The lowest BCUT2D eigenvalue weighted by molar-refractivity contribution is 0.0904. The zero-order valence-electron chi connectivity index (χ0n) is 15.6. The number of H-pyrrole nitrogens is 1. The zero-order valence-corrected chi connectivity index (χ0v) is 15.6. The van der Waals surface area contributed by atoms with Gasteiger partial charge in [0, 0.05) is 42.6 Å². The van der Waals surface area contributed by atoms with Crippen LogP contribution in [-0.4, -0.2) is 42.0 Å². The third-order valence-electron chi connectivity index (χ3n) is 5.25. The summed E-state index contributed by atoms with van der Waals surface area (Å²) in [6.45, 7) is 2.98. The monoisotopic (exact) mass is 363 g/mol. The van der Waals surface area contributed by atoms with Gasteiger partial charge in [0.1, 0.15) is 11.4 Å². The summed E-state index contributed by atoms with van der Waals surface area (Å²) in [6, 6.07) is 18.4. The van der Waals surface area contributed by atoms with Crippen LogP contribution in [0.5, 0.6) is 5.75 Å². The maximum absolute atomic E-state index is 12.6. The van der Waals surface area contributed by atoms with Gasteiger partial charge in [-0.25, -0.2) is 0 Å². The number of hydrogen-bond donors (Lipinski definition) is 2. The van der Waals surface area contributed by atoms with Crippen molar-refractivity contribution in [2.45, 2.75) is 25.4 Å². The molecule has 3 aromatic rings. The van der Waals surface area contributed by atoms with Gasteiger partial charge in [0.2, 0.25) is 0 Å². The molecule has 140 valence electrons. The van der Waals surface area contributed by atoms with E-state index in [1.54, 1.807) is 7.11 Å². The van der Waals surface area contributed by atoms with Crippen LogP contribution in [0.25, 0.3) is 10.9 Å². The van der Waals surface area contributed by atoms with E-state index in [4.69, 9.17) is 4.74 Å². The van der Waals surface area contributed by atoms with Crippen molar-refractivity contribution in [1.82, 2.24) is 15.2 Å². The Balaban J connectivity index is 1.33. The van der Waals surface area contributed by atoms with Gasteiger partial charge in [-0.15, -0.1) is 0 Å². The van der Waals surface area contributed by atoms with E-state index in [1.165, 1.54) is 5.56 Å². The molecule has 2 aromatic carbocycles. The number of hydrogen-bond acceptors (Lipinski definition) is 3. The number of methoxy groups -OCH3 is 1. The lowest BCUT2D eigenvalue weighted by atomic mass is 10.0. The van der Waals surface area contributed by atoms with E-state index in [2.05, 4.69) is 39.5 Å². The van der Waals surface area contributed by atoms with Gasteiger partial charge in [0.25, 0.3) is 5.91 Å². The molecule has 0 radical (unpaired) electrons. The van der Waals surface area contributed by atoms with Crippen LogP contribution in [-0.2, 0) is 6.54 Å². The van der Waals surface area contributed by atoms with E-state index in [-0.39, 0.29) is 11.9 Å². The highest BCUT2D eigenvalue weighted by Crippen LogP contribution is 2.21. The molecule has 0 spiro atoms. The smallest absolute Gasteiger partial charge is 0.267 e. The minimum atomic E-state index is -0.0355. The minimum absolute atomic E-state index is 0.0355. The summed E-state index contributed by atoms with van der Waals surface area (Å²) in [7, 11) is 1.64. The van der Waals surface area contributed by atoms with Crippen molar-refractivity contribution in [1.29, 1.82) is 0 Å². The standard InChI is InChI=1S/C22H25N3O2/c1-27-19-8-7-17-13-21(24-20(17)14-19)22(26)23-18-9-11-25(12-10-18)15-16-5-3-2-4-6-16/h2-8,13-14,18,24H,9-12,15H2,1H3,(H,23,26). The Labute approximate surface area is 159 Å². The van der Waals surface area contributed by atoms with Crippen LogP contribution >= 0.6 is 0 Å². The Morgan fingerprint density at radius 2 is 1.93 bits per heavy atom. The number of aromatic nitrogens is 1. The summed E-state index contributed by atoms with van der Waals surface area (Å²) < 4.78 is 5.24. The van der Waals surface area contributed by atoms with Gasteiger partial charge in [-0.1, -0.05) is 30.3 Å². The van der Waals surface area contributed by atoms with Crippen LogP contribution in [0.2, 0.25) is 0 Å². The second kappa shape index (κ2) is 7.84. The van der Waals surface area contributed by atoms with E-state index in [0.29, 0.717) is 5.69 Å². The van der Waals surface area contributed by atoms with Gasteiger partial charge in [0.05, 0.1) is 7.11 Å². The summed E-state index contributed by atoms with van der Waals surface area (Å²) in [4.78, 5) is 18.3. The van der Waals surface area contributed by atoms with E-state index >= 15 is 0 Å². The molecule has 1 fully saturated rings. The summed E-state index contributed by atoms with van der Waals surface area (Å²) in [6.07, 6.45) is 1.96. The molecule has 1 amide bonds. The molecule has 0 atom stereocenters. The number of carbonyl (C=O) groups is 1. The number of aromatic amines is 1. The topological polar surface area (TPSA) is 57.4 Å². The maximum Gasteiger partial charge on any atom is 0.267 e. The quantitative estimate of drug-likeness (QED) is 0.729. The fraction of sp³-hybridized carbons (Fsp3) is 0.318. The number of carbonyl (C=O) groups excluding carboxylic acids is 1. The first kappa shape index (κ1) is 17.6. The molecule has 2 heterocycles. The Bertz CT molecular complexity index is 912. The predicted octanol–water partition coefficient (Wildman–Crippen LogP) is 3.57. The van der Waals surface area contributed by atoms with Crippen LogP contribution < -0.4 is 10.1 Å². The van der Waals surface area contributed by atoms with Crippen molar-refractivity contribution in [3.05, 3.63) is 65.9 Å². The first-order valence-electron chi connectivity index (χ1n) is 9.45. The number of ether oxygens (including phenoxy) is 1. The van der Waals surface area contributed by atoms with E-state index in [1.807, 2.05) is 30.3 Å². The van der Waals surface area contributed by atoms with E-state index in [9.17, 15) is 4.79 Å². The highest BCUT2D eigenvalue weighted by Gasteiger charge is 2.22. The van der Waals surface area contributed by atoms with Crippen molar-refractivity contribution >= 4 is 16.8 Å². The van der Waals surface area contributed by atoms with Gasteiger partial charge in [0.15, 0.2) is 0 Å². The summed E-state index contributed by atoms with van der Waals surface area (Å²) in [5.74, 6) is 0.744. The number of benzene rings is 2. The van der Waals surface area contributed by atoms with Crippen LogP contribution in [0.4, 0.5) is 0 Å². The largest absolute Gasteiger partial charge is 0.497 e. The van der Waals surface area contributed by atoms with E-state index in [0.717, 1.165) is 49.1 Å². The second-order valence-corrected chi connectivity index (χ2v) is 7.15. The van der Waals surface area contributed by atoms with Gasteiger partial charge in [-0.3, -0.25) is 9.69 Å². The predicted molar refractivity (Wildman–Crippen MR) is 107 cm³/mol. The zero-order chi connectivity index (χ0) is 18.6. The molecule has 5 heteroatoms. The Kier molecular flexibility index (Phi) is 5.12. The molecule has 4 rings (SSSR count). The molecule has 0 unspecified atom stereocenters. The van der Waals surface area contributed by atoms with Crippen molar-refractivity contribution in [2.75, 3.05) is 20.2 Å². The Morgan fingerprint density at radius 3 is 2.67 bits per heavy atom. The van der Waals surface area contributed by atoms with Gasteiger partial charge >= 0.3 is 0 Å². The second-order valence-electron chi connectivity index (χ2n) is 7.15. The van der Waals surface area contributed by atoms with Crippen LogP contribution in [0.1, 0.15) is 28.9 Å². The molecule has 0 saturated carbocycles. The Morgan fingerprint density at radius 1 is 1.15 bits per heavy atom. The summed E-state index contributed by atoms with van der Waals surface area (Å²) >= 11 is 0. The van der Waals surface area contributed by atoms with E-state index < -0.39 is 0 Å². The minimum Gasteiger partial charge on any atom is -0.497 e. The number of fused-ring (bicyclic) bond motifs is 1. The fourth-order valence-corrected chi connectivity index (χ4v) is 3.70. The van der Waals surface area contributed by atoms with Crippen molar-refractivity contribution in [2.24, 2.45) is 0 Å². The van der Waals surface area contributed by atoms with Gasteiger partial charge in [-0.2, -0.15) is 0 Å². The van der Waals surface area contributed by atoms with Crippen molar-refractivity contribution in [3.8, 4) is 5.75 Å². The Hall–Kier alpha value is -2.79. The number of rotatable bonds is 5. The first-order valence-corrected chi connectivity index (χ1v) is 9.45. The van der Waals surface area contributed by atoms with Crippen molar-refractivity contribution < 1.29 is 9.53 Å². The van der Waals surface area contributed by atoms with Crippen LogP contribution in [0.15, 0.2) is 54.6 Å². The SMILES string of the molecule is COc1ccc2cc(C(=O)NC3CCN(Cc4ccccc4)CC3)[nH]c2c1. The lowest BCUT2D eigenvalue weighted by Crippen LogP contribution is -2.44. The highest BCUT2D eigenvalue weighted by atomic mass is 16.5. The normalized spacial score (nSPS) is 15.7. The molecule has 5 nitrogen and oxygen atoms in total. The van der Waals surface area contributed by atoms with Crippen LogP contribution in [0, 0.1) is 0 Å². The fourth-order valence-electron chi connectivity index (χ4n) is 3.70. The average Bonchev–Trinajstić information content (AvgIpc) is 3.13. The number of likely N-dealkylation sites (tertiary alicyclic amines) is 1. The molecule has 27 heavy (non-hydrogen) atoms. The molecule has 2 N–H and O–H groups in total. The molecule has 1 aliphatic heterocycles. The molecule has 0 bridgehead atoms. The van der Waals surface area contributed by atoms with Gasteiger partial charge in [-0.05, 0) is 36.6 Å². The number of piperidine rings is 1. The van der Waals surface area contributed by atoms with Crippen molar-refractivity contribution in [3.63, 3.8) is 0 Å². The summed E-state index contributed by atoms with van der Waals surface area (Å²) in [5.41, 5.74) is 2.86. The average molecular weight is 363 g/mol. The van der Waals surface area contributed by atoms with Gasteiger partial charge < -0.3 is 15.0 Å². The number of amides is 1.